The molecule has 0 radical (unpaired) electrons. The van der Waals surface area contributed by atoms with Crippen LogP contribution >= 0.6 is 0 Å². The number of aliphatic hydroxyl groups is 1. The minimum Gasteiger partial charge on any atom is -0.391 e. The molecule has 0 aromatic heterocycles. The fourth-order valence-electron chi connectivity index (χ4n) is 1.18. The van der Waals surface area contributed by atoms with Crippen LogP contribution in [0.1, 0.15) is 24.1 Å². The second-order valence-corrected chi connectivity index (χ2v) is 3.29. The molecular formula is C10H14FNO. The molecular weight excluding hydrogens is 169 g/mol. The van der Waals surface area contributed by atoms with Gasteiger partial charge in [0.1, 0.15) is 5.82 Å². The van der Waals surface area contributed by atoms with Crippen LogP contribution in [0.15, 0.2) is 18.2 Å². The van der Waals surface area contributed by atoms with E-state index in [0.717, 1.165) is 5.56 Å². The summed E-state index contributed by atoms with van der Waals surface area (Å²) < 4.78 is 13.2. The first-order valence-electron chi connectivity index (χ1n) is 4.22. The number of aryl methyl sites for hydroxylation is 1. The lowest BCUT2D eigenvalue weighted by atomic mass is 10.0. The third kappa shape index (κ3) is 2.26. The Morgan fingerprint density at radius 2 is 2.08 bits per heavy atom. The molecule has 0 unspecified atom stereocenters. The molecule has 0 aliphatic carbocycles. The molecule has 1 rings (SSSR count). The first kappa shape index (κ1) is 10.2. The van der Waals surface area contributed by atoms with Crippen molar-refractivity contribution in [3.63, 3.8) is 0 Å². The minimum atomic E-state index is -0.740. The number of hydrogen-bond acceptors (Lipinski definition) is 2. The Kier molecular flexibility index (Phi) is 3.01. The van der Waals surface area contributed by atoms with Crippen LogP contribution in [0.3, 0.4) is 0 Å². The van der Waals surface area contributed by atoms with Gasteiger partial charge in [-0.15, -0.1) is 0 Å². The van der Waals surface area contributed by atoms with Gasteiger partial charge in [0.05, 0.1) is 12.1 Å². The number of aliphatic hydroxyl groups excluding tert-OH is 1. The highest BCUT2D eigenvalue weighted by Crippen LogP contribution is 2.19. The Morgan fingerprint density at radius 3 is 2.62 bits per heavy atom. The lowest BCUT2D eigenvalue weighted by molar-refractivity contribution is 0.162. The van der Waals surface area contributed by atoms with Gasteiger partial charge < -0.3 is 10.8 Å². The minimum absolute atomic E-state index is 0.362. The van der Waals surface area contributed by atoms with Gasteiger partial charge in [-0.2, -0.15) is 0 Å². The number of halogens is 1. The van der Waals surface area contributed by atoms with Crippen molar-refractivity contribution in [1.29, 1.82) is 0 Å². The molecule has 3 heteroatoms. The summed E-state index contributed by atoms with van der Waals surface area (Å²) in [6.45, 7) is 3.41. The average Bonchev–Trinajstić information content (AvgIpc) is 2.08. The number of rotatable bonds is 2. The van der Waals surface area contributed by atoms with Gasteiger partial charge in [0.2, 0.25) is 0 Å². The maximum absolute atomic E-state index is 13.2. The highest BCUT2D eigenvalue weighted by Gasteiger charge is 2.15. The van der Waals surface area contributed by atoms with Crippen molar-refractivity contribution < 1.29 is 9.50 Å². The lowest BCUT2D eigenvalue weighted by Gasteiger charge is -2.16. The standard InChI is InChI=1S/C10H14FNO/c1-6-3-4-9(11)8(5-6)10(12)7(2)13/h3-5,7,10,13H,12H2,1-2H3/t7-,10-/m1/s1. The Balaban J connectivity index is 3.05. The van der Waals surface area contributed by atoms with Crippen molar-refractivity contribution in [2.24, 2.45) is 5.73 Å². The van der Waals surface area contributed by atoms with E-state index in [1.54, 1.807) is 19.1 Å². The molecule has 13 heavy (non-hydrogen) atoms. The van der Waals surface area contributed by atoms with Gasteiger partial charge >= 0.3 is 0 Å². The summed E-state index contributed by atoms with van der Waals surface area (Å²) >= 11 is 0. The van der Waals surface area contributed by atoms with Crippen molar-refractivity contribution in [3.05, 3.63) is 35.1 Å². The van der Waals surface area contributed by atoms with E-state index in [-0.39, 0.29) is 5.82 Å². The van der Waals surface area contributed by atoms with Gasteiger partial charge in [-0.3, -0.25) is 0 Å². The Morgan fingerprint density at radius 1 is 1.46 bits per heavy atom. The van der Waals surface area contributed by atoms with Gasteiger partial charge in [-0.1, -0.05) is 17.7 Å². The molecule has 2 nitrogen and oxygen atoms in total. The second-order valence-electron chi connectivity index (χ2n) is 3.29. The summed E-state index contributed by atoms with van der Waals surface area (Å²) in [4.78, 5) is 0. The summed E-state index contributed by atoms with van der Waals surface area (Å²) in [5.74, 6) is -0.362. The zero-order valence-electron chi connectivity index (χ0n) is 7.79. The molecule has 0 spiro atoms. The quantitative estimate of drug-likeness (QED) is 0.730. The Bertz CT molecular complexity index is 299. The van der Waals surface area contributed by atoms with Crippen LogP contribution < -0.4 is 5.73 Å². The molecule has 0 aliphatic heterocycles. The molecule has 0 saturated heterocycles. The van der Waals surface area contributed by atoms with Crippen molar-refractivity contribution in [3.8, 4) is 0 Å². The third-order valence-corrected chi connectivity index (χ3v) is 2.03. The molecule has 2 atom stereocenters. The van der Waals surface area contributed by atoms with E-state index >= 15 is 0 Å². The van der Waals surface area contributed by atoms with Crippen LogP contribution in [-0.2, 0) is 0 Å². The maximum atomic E-state index is 13.2. The van der Waals surface area contributed by atoms with E-state index in [2.05, 4.69) is 0 Å². The van der Waals surface area contributed by atoms with Gasteiger partial charge in [-0.05, 0) is 19.9 Å². The van der Waals surface area contributed by atoms with Crippen molar-refractivity contribution in [2.75, 3.05) is 0 Å². The summed E-state index contributed by atoms with van der Waals surface area (Å²) in [5, 5.41) is 9.20. The summed E-state index contributed by atoms with van der Waals surface area (Å²) in [5.41, 5.74) is 6.93. The highest BCUT2D eigenvalue weighted by atomic mass is 19.1. The Hall–Kier alpha value is -0.930. The smallest absolute Gasteiger partial charge is 0.128 e. The normalized spacial score (nSPS) is 15.5. The number of nitrogens with two attached hydrogens (primary N) is 1. The fraction of sp³-hybridized carbons (Fsp3) is 0.400. The third-order valence-electron chi connectivity index (χ3n) is 2.03. The van der Waals surface area contributed by atoms with Crippen molar-refractivity contribution >= 4 is 0 Å². The summed E-state index contributed by atoms with van der Waals surface area (Å²) in [7, 11) is 0. The van der Waals surface area contributed by atoms with Gasteiger partial charge in [-0.25, -0.2) is 4.39 Å². The largest absolute Gasteiger partial charge is 0.391 e. The van der Waals surface area contributed by atoms with Gasteiger partial charge in [0.25, 0.3) is 0 Å². The van der Waals surface area contributed by atoms with E-state index in [4.69, 9.17) is 5.73 Å². The fourth-order valence-corrected chi connectivity index (χ4v) is 1.18. The van der Waals surface area contributed by atoms with Crippen LogP contribution in [0.4, 0.5) is 4.39 Å². The van der Waals surface area contributed by atoms with Crippen LogP contribution in [0, 0.1) is 12.7 Å². The molecule has 1 aromatic carbocycles. The SMILES string of the molecule is Cc1ccc(F)c([C@H](N)[C@@H](C)O)c1. The summed E-state index contributed by atoms with van der Waals surface area (Å²) in [6, 6.07) is 4.05. The van der Waals surface area contributed by atoms with Crippen molar-refractivity contribution in [2.45, 2.75) is 26.0 Å². The summed E-state index contributed by atoms with van der Waals surface area (Å²) in [6.07, 6.45) is -0.740. The first-order valence-corrected chi connectivity index (χ1v) is 4.22. The molecule has 72 valence electrons. The molecule has 0 bridgehead atoms. The van der Waals surface area contributed by atoms with E-state index in [1.807, 2.05) is 6.92 Å². The monoisotopic (exact) mass is 183 g/mol. The van der Waals surface area contributed by atoms with Crippen LogP contribution in [0.25, 0.3) is 0 Å². The zero-order valence-corrected chi connectivity index (χ0v) is 7.79. The molecule has 0 heterocycles. The van der Waals surface area contributed by atoms with Crippen LogP contribution in [0.5, 0.6) is 0 Å². The van der Waals surface area contributed by atoms with Gasteiger partial charge in [0, 0.05) is 5.56 Å². The highest BCUT2D eigenvalue weighted by molar-refractivity contribution is 5.27. The van der Waals surface area contributed by atoms with Crippen LogP contribution in [-0.4, -0.2) is 11.2 Å². The molecule has 1 aromatic rings. The average molecular weight is 183 g/mol. The second kappa shape index (κ2) is 3.85. The zero-order chi connectivity index (χ0) is 10.0. The van der Waals surface area contributed by atoms with Crippen LogP contribution in [0.2, 0.25) is 0 Å². The Labute approximate surface area is 77.2 Å². The number of benzene rings is 1. The molecule has 0 saturated carbocycles. The molecule has 0 fully saturated rings. The topological polar surface area (TPSA) is 46.2 Å². The maximum Gasteiger partial charge on any atom is 0.128 e. The lowest BCUT2D eigenvalue weighted by Crippen LogP contribution is -2.24. The first-order chi connectivity index (χ1) is 6.02. The van der Waals surface area contributed by atoms with E-state index < -0.39 is 12.1 Å². The molecule has 3 N–H and O–H groups in total. The predicted molar refractivity (Wildman–Crippen MR) is 49.7 cm³/mol. The number of hydrogen-bond donors (Lipinski definition) is 2. The van der Waals surface area contributed by atoms with Gasteiger partial charge in [0.15, 0.2) is 0 Å². The molecule has 0 aliphatic rings. The van der Waals surface area contributed by atoms with Crippen molar-refractivity contribution in [1.82, 2.24) is 0 Å². The predicted octanol–water partition coefficient (Wildman–Crippen LogP) is 1.51. The van der Waals surface area contributed by atoms with E-state index in [9.17, 15) is 9.50 Å². The molecule has 0 amide bonds. The van der Waals surface area contributed by atoms with E-state index in [0.29, 0.717) is 5.56 Å². The van der Waals surface area contributed by atoms with E-state index in [1.165, 1.54) is 6.07 Å².